The van der Waals surface area contributed by atoms with Crippen molar-refractivity contribution in [1.29, 1.82) is 0 Å². The monoisotopic (exact) mass is 1140 g/mol. The first-order valence-electron chi connectivity index (χ1n) is 37.4. The van der Waals surface area contributed by atoms with Gasteiger partial charge in [-0.05, 0) is 51.4 Å². The Hall–Kier alpha value is -1.40. The smallest absolute Gasteiger partial charge is 0.305 e. The molecule has 81 heavy (non-hydrogen) atoms. The van der Waals surface area contributed by atoms with Gasteiger partial charge in [0.25, 0.3) is 0 Å². The zero-order valence-corrected chi connectivity index (χ0v) is 55.3. The average Bonchev–Trinajstić information content (AvgIpc) is 3.47. The van der Waals surface area contributed by atoms with Gasteiger partial charge >= 0.3 is 5.97 Å². The number of nitrogens with one attached hydrogen (secondary N) is 1. The summed E-state index contributed by atoms with van der Waals surface area (Å²) in [6, 6.07) is -0.545. The Bertz CT molecular complexity index is 1220. The van der Waals surface area contributed by atoms with Gasteiger partial charge in [-0.2, -0.15) is 0 Å². The molecule has 0 aliphatic rings. The fourth-order valence-corrected chi connectivity index (χ4v) is 12.1. The highest BCUT2D eigenvalue weighted by Gasteiger charge is 2.20. The lowest BCUT2D eigenvalue weighted by atomic mass is 10.0. The number of rotatable bonds is 71. The van der Waals surface area contributed by atoms with E-state index in [-0.39, 0.29) is 18.5 Å². The molecular weight excluding hydrogens is 995 g/mol. The molecule has 0 aromatic heterocycles. The van der Waals surface area contributed by atoms with E-state index in [0.717, 1.165) is 38.5 Å². The molecule has 2 atom stereocenters. The summed E-state index contributed by atoms with van der Waals surface area (Å²) in [6.07, 6.45) is 88.5. The third kappa shape index (κ3) is 67.6. The summed E-state index contributed by atoms with van der Waals surface area (Å²) in [6.45, 7) is 5.00. The maximum atomic E-state index is 12.6. The van der Waals surface area contributed by atoms with Gasteiger partial charge in [-0.3, -0.25) is 9.59 Å². The summed E-state index contributed by atoms with van der Waals surface area (Å²) in [4.78, 5) is 24.6. The van der Waals surface area contributed by atoms with Gasteiger partial charge in [0.05, 0.1) is 25.4 Å². The Morgan fingerprint density at radius 1 is 0.333 bits per heavy atom. The lowest BCUT2D eigenvalue weighted by Gasteiger charge is -2.22. The molecule has 0 aromatic rings. The second-order valence-corrected chi connectivity index (χ2v) is 26.0. The van der Waals surface area contributed by atoms with Crippen LogP contribution in [0, 0.1) is 0 Å². The maximum absolute atomic E-state index is 12.6. The molecule has 2 unspecified atom stereocenters. The summed E-state index contributed by atoms with van der Waals surface area (Å²) in [5.41, 5.74) is 0. The largest absolute Gasteiger partial charge is 0.466 e. The predicted octanol–water partition coefficient (Wildman–Crippen LogP) is 24.3. The van der Waals surface area contributed by atoms with Gasteiger partial charge in [0.15, 0.2) is 0 Å². The van der Waals surface area contributed by atoms with E-state index in [1.807, 2.05) is 0 Å². The van der Waals surface area contributed by atoms with Crippen LogP contribution in [-0.4, -0.2) is 47.4 Å². The number of amides is 1. The molecule has 6 nitrogen and oxygen atoms in total. The first-order valence-corrected chi connectivity index (χ1v) is 37.4. The second-order valence-electron chi connectivity index (χ2n) is 26.0. The number of esters is 1. The fourth-order valence-electron chi connectivity index (χ4n) is 12.1. The molecule has 0 aliphatic carbocycles. The highest BCUT2D eigenvalue weighted by molar-refractivity contribution is 5.76. The molecule has 0 heterocycles. The van der Waals surface area contributed by atoms with Crippen LogP contribution in [0.3, 0.4) is 0 Å². The highest BCUT2D eigenvalue weighted by Crippen LogP contribution is 2.20. The van der Waals surface area contributed by atoms with Crippen LogP contribution >= 0.6 is 0 Å². The number of allylic oxidation sites excluding steroid dienone is 2. The van der Waals surface area contributed by atoms with Crippen LogP contribution in [0.4, 0.5) is 0 Å². The molecule has 0 saturated heterocycles. The number of carbonyl (C=O) groups excluding carboxylic acids is 2. The van der Waals surface area contributed by atoms with Gasteiger partial charge < -0.3 is 20.3 Å². The number of aliphatic hydroxyl groups excluding tert-OH is 2. The van der Waals surface area contributed by atoms with E-state index in [1.165, 1.54) is 360 Å². The molecule has 0 saturated carbocycles. The molecule has 482 valence electrons. The van der Waals surface area contributed by atoms with Crippen molar-refractivity contribution in [2.75, 3.05) is 13.2 Å². The van der Waals surface area contributed by atoms with Gasteiger partial charge in [0, 0.05) is 12.8 Å². The number of hydrogen-bond acceptors (Lipinski definition) is 5. The van der Waals surface area contributed by atoms with Crippen molar-refractivity contribution >= 4 is 11.9 Å². The Morgan fingerprint density at radius 2 is 0.580 bits per heavy atom. The van der Waals surface area contributed by atoms with Gasteiger partial charge in [-0.15, -0.1) is 0 Å². The van der Waals surface area contributed by atoms with Crippen molar-refractivity contribution < 1.29 is 24.5 Å². The van der Waals surface area contributed by atoms with Gasteiger partial charge in [-0.1, -0.05) is 379 Å². The molecule has 0 aliphatic heterocycles. The van der Waals surface area contributed by atoms with Crippen LogP contribution in [-0.2, 0) is 14.3 Å². The number of carbonyl (C=O) groups is 2. The molecule has 0 rings (SSSR count). The first kappa shape index (κ1) is 79.6. The van der Waals surface area contributed by atoms with E-state index in [9.17, 15) is 19.8 Å². The lowest BCUT2D eigenvalue weighted by Crippen LogP contribution is -2.45. The summed E-state index contributed by atoms with van der Waals surface area (Å²) in [5, 5.41) is 23.5. The zero-order valence-electron chi connectivity index (χ0n) is 55.3. The van der Waals surface area contributed by atoms with E-state index in [0.29, 0.717) is 25.9 Å². The topological polar surface area (TPSA) is 95.9 Å². The van der Waals surface area contributed by atoms with E-state index >= 15 is 0 Å². The molecule has 0 bridgehead atoms. The second kappa shape index (κ2) is 71.1. The summed E-state index contributed by atoms with van der Waals surface area (Å²) in [5.74, 6) is -0.0152. The average molecular weight is 1140 g/mol. The Balaban J connectivity index is 3.39. The maximum Gasteiger partial charge on any atom is 0.305 e. The van der Waals surface area contributed by atoms with Crippen molar-refractivity contribution in [2.24, 2.45) is 0 Å². The van der Waals surface area contributed by atoms with E-state index in [4.69, 9.17) is 4.74 Å². The van der Waals surface area contributed by atoms with Gasteiger partial charge in [0.2, 0.25) is 5.91 Å². The van der Waals surface area contributed by atoms with Gasteiger partial charge in [-0.25, -0.2) is 0 Å². The Kier molecular flexibility index (Phi) is 69.9. The van der Waals surface area contributed by atoms with Gasteiger partial charge in [0.1, 0.15) is 0 Å². The van der Waals surface area contributed by atoms with Crippen LogP contribution in [0.2, 0.25) is 0 Å². The van der Waals surface area contributed by atoms with Crippen molar-refractivity contribution in [3.8, 4) is 0 Å². The molecule has 6 heteroatoms. The summed E-state index contributed by atoms with van der Waals surface area (Å²) >= 11 is 0. The molecule has 0 spiro atoms. The molecule has 0 radical (unpaired) electrons. The minimum Gasteiger partial charge on any atom is -0.466 e. The van der Waals surface area contributed by atoms with Crippen molar-refractivity contribution in [3.05, 3.63) is 12.2 Å². The van der Waals surface area contributed by atoms with Crippen molar-refractivity contribution in [2.45, 2.75) is 443 Å². The molecule has 1 amide bonds. The van der Waals surface area contributed by atoms with Crippen LogP contribution in [0.5, 0.6) is 0 Å². The first-order chi connectivity index (χ1) is 40.0. The number of unbranched alkanes of at least 4 members (excludes halogenated alkanes) is 58. The van der Waals surface area contributed by atoms with Crippen molar-refractivity contribution in [3.63, 3.8) is 0 Å². The summed E-state index contributed by atoms with van der Waals surface area (Å²) in [7, 11) is 0. The minimum atomic E-state index is -0.667. The van der Waals surface area contributed by atoms with E-state index < -0.39 is 12.1 Å². The lowest BCUT2D eigenvalue weighted by molar-refractivity contribution is -0.143. The van der Waals surface area contributed by atoms with E-state index in [1.54, 1.807) is 0 Å². The van der Waals surface area contributed by atoms with Crippen molar-refractivity contribution in [1.82, 2.24) is 5.32 Å². The minimum absolute atomic E-state index is 0.0171. The summed E-state index contributed by atoms with van der Waals surface area (Å²) < 4.78 is 5.49. The standard InChI is InChI=1S/C75H147NO5/c1-3-5-7-9-11-13-15-17-19-20-21-22-23-25-28-31-34-37-40-43-47-51-55-59-63-67-73(78)72(71-77)76-74(79)68-64-60-56-52-48-44-41-38-35-32-29-26-24-27-30-33-36-39-42-46-50-54-58-62-66-70-81-75(80)69-65-61-57-53-49-45-18-16-14-12-10-8-6-4-2/h26,29,72-73,77-78H,3-25,27-28,30-71H2,1-2H3,(H,76,79)/b29-26-. The van der Waals surface area contributed by atoms with Crippen LogP contribution < -0.4 is 5.32 Å². The van der Waals surface area contributed by atoms with E-state index in [2.05, 4.69) is 31.3 Å². The highest BCUT2D eigenvalue weighted by atomic mass is 16.5. The predicted molar refractivity (Wildman–Crippen MR) is 357 cm³/mol. The quantitative estimate of drug-likeness (QED) is 0.0320. The third-order valence-electron chi connectivity index (χ3n) is 17.8. The fraction of sp³-hybridized carbons (Fsp3) is 0.947. The number of ether oxygens (including phenoxy) is 1. The van der Waals surface area contributed by atoms with Crippen LogP contribution in [0.25, 0.3) is 0 Å². The molecule has 3 N–H and O–H groups in total. The van der Waals surface area contributed by atoms with Crippen LogP contribution in [0.1, 0.15) is 431 Å². The van der Waals surface area contributed by atoms with Crippen LogP contribution in [0.15, 0.2) is 12.2 Å². The molecule has 0 fully saturated rings. The normalized spacial score (nSPS) is 12.5. The Labute approximate surface area is 508 Å². The third-order valence-corrected chi connectivity index (χ3v) is 17.8. The molecule has 0 aromatic carbocycles. The number of hydrogen-bond donors (Lipinski definition) is 3. The SMILES string of the molecule is CCCCCCCCCCCCCCCCCCCCCCCCCCCC(O)C(CO)NC(=O)CCCCCCCCCCC/C=C\CCCCCCCCCCCCCCOC(=O)CCCCCCCCCCCCCCCC. The number of aliphatic hydroxyl groups is 2. The Morgan fingerprint density at radius 3 is 0.877 bits per heavy atom. The zero-order chi connectivity index (χ0) is 58.5. The molecular formula is C75H147NO5.